The van der Waals surface area contributed by atoms with Gasteiger partial charge in [0, 0.05) is 18.9 Å². The monoisotopic (exact) mass is 320 g/mol. The third-order valence-electron chi connectivity index (χ3n) is 4.05. The van der Waals surface area contributed by atoms with Crippen molar-refractivity contribution in [3.05, 3.63) is 41.2 Å². The summed E-state index contributed by atoms with van der Waals surface area (Å²) in [5.41, 5.74) is 1.38. The number of ether oxygens (including phenoxy) is 4. The molecule has 3 rings (SSSR count). The number of hydrogen-bond acceptors (Lipinski definition) is 6. The van der Waals surface area contributed by atoms with Gasteiger partial charge in [0.05, 0.1) is 19.1 Å². The summed E-state index contributed by atoms with van der Waals surface area (Å²) in [7, 11) is 1.60. The largest absolute Gasteiger partial charge is 0.497 e. The molecule has 0 bridgehead atoms. The van der Waals surface area contributed by atoms with Gasteiger partial charge >= 0.3 is 5.97 Å². The van der Waals surface area contributed by atoms with Crippen LogP contribution in [0.3, 0.4) is 0 Å². The number of esters is 1. The second kappa shape index (κ2) is 6.60. The van der Waals surface area contributed by atoms with Crippen molar-refractivity contribution < 1.29 is 28.8 Å². The molecule has 1 aromatic carbocycles. The van der Waals surface area contributed by atoms with Crippen molar-refractivity contribution in [3.8, 4) is 5.75 Å². The van der Waals surface area contributed by atoms with E-state index in [9.17, 15) is 9.90 Å². The van der Waals surface area contributed by atoms with Gasteiger partial charge in [0.1, 0.15) is 11.5 Å². The molecule has 3 atom stereocenters. The fourth-order valence-electron chi connectivity index (χ4n) is 3.00. The molecule has 6 heteroatoms. The molecule has 2 heterocycles. The lowest BCUT2D eigenvalue weighted by molar-refractivity contribution is -0.187. The fraction of sp³-hybridized carbons (Fsp3) is 0.471. The van der Waals surface area contributed by atoms with Gasteiger partial charge < -0.3 is 24.1 Å². The zero-order valence-corrected chi connectivity index (χ0v) is 13.2. The number of carbonyl (C=O) groups is 1. The van der Waals surface area contributed by atoms with Crippen molar-refractivity contribution in [2.45, 2.75) is 38.3 Å². The van der Waals surface area contributed by atoms with Crippen LogP contribution in [0.4, 0.5) is 0 Å². The van der Waals surface area contributed by atoms with E-state index in [-0.39, 0.29) is 5.92 Å². The highest BCUT2D eigenvalue weighted by atomic mass is 16.7. The average Bonchev–Trinajstić information content (AvgIpc) is 2.54. The number of hydrogen-bond donors (Lipinski definition) is 1. The van der Waals surface area contributed by atoms with Crippen molar-refractivity contribution in [3.63, 3.8) is 0 Å². The Morgan fingerprint density at radius 3 is 2.65 bits per heavy atom. The lowest BCUT2D eigenvalue weighted by Gasteiger charge is -2.35. The van der Waals surface area contributed by atoms with Crippen LogP contribution in [0.2, 0.25) is 0 Å². The molecule has 0 spiro atoms. The molecule has 0 fully saturated rings. The van der Waals surface area contributed by atoms with Crippen LogP contribution in [-0.4, -0.2) is 37.4 Å². The van der Waals surface area contributed by atoms with Crippen LogP contribution in [-0.2, 0) is 19.0 Å². The van der Waals surface area contributed by atoms with E-state index in [0.717, 1.165) is 11.3 Å². The number of aliphatic hydroxyl groups is 1. The molecular weight excluding hydrogens is 300 g/mol. The molecule has 0 amide bonds. The first-order valence-corrected chi connectivity index (χ1v) is 7.66. The molecule has 2 aliphatic rings. The minimum atomic E-state index is -0.950. The third-order valence-corrected chi connectivity index (χ3v) is 4.05. The van der Waals surface area contributed by atoms with E-state index >= 15 is 0 Å². The molecule has 0 saturated carbocycles. The Bertz CT molecular complexity index is 606. The summed E-state index contributed by atoms with van der Waals surface area (Å²) in [6.07, 6.45) is -0.986. The number of carbonyl (C=O) groups excluding carboxylic acids is 1. The maximum atomic E-state index is 12.4. The second-order valence-electron chi connectivity index (χ2n) is 5.47. The van der Waals surface area contributed by atoms with E-state index in [2.05, 4.69) is 0 Å². The minimum Gasteiger partial charge on any atom is -0.497 e. The molecule has 1 N–H and O–H groups in total. The number of aliphatic hydroxyl groups excluding tert-OH is 1. The summed E-state index contributed by atoms with van der Waals surface area (Å²) in [5, 5.41) is 10.0. The van der Waals surface area contributed by atoms with Gasteiger partial charge in [-0.1, -0.05) is 12.1 Å². The Balaban J connectivity index is 1.93. The van der Waals surface area contributed by atoms with Crippen molar-refractivity contribution in [1.82, 2.24) is 0 Å². The molecule has 0 aliphatic carbocycles. The summed E-state index contributed by atoms with van der Waals surface area (Å²) in [6, 6.07) is 7.42. The molecule has 0 saturated heterocycles. The van der Waals surface area contributed by atoms with E-state index < -0.39 is 18.5 Å². The van der Waals surface area contributed by atoms with Crippen LogP contribution in [0.25, 0.3) is 0 Å². The molecule has 124 valence electrons. The topological polar surface area (TPSA) is 74.2 Å². The Kier molecular flexibility index (Phi) is 4.54. The predicted octanol–water partition coefficient (Wildman–Crippen LogP) is 2.08. The van der Waals surface area contributed by atoms with Gasteiger partial charge in [-0.3, -0.25) is 0 Å². The van der Waals surface area contributed by atoms with E-state index in [1.807, 2.05) is 31.2 Å². The first-order valence-electron chi connectivity index (χ1n) is 7.66. The average molecular weight is 320 g/mol. The lowest BCUT2D eigenvalue weighted by Crippen LogP contribution is -2.37. The van der Waals surface area contributed by atoms with Crippen molar-refractivity contribution >= 4 is 5.97 Å². The Labute approximate surface area is 134 Å². The summed E-state index contributed by atoms with van der Waals surface area (Å²) in [5.74, 6) is 0.476. The number of cyclic esters (lactones) is 1. The minimum absolute atomic E-state index is 0.269. The number of rotatable bonds is 4. The predicted molar refractivity (Wildman–Crippen MR) is 80.6 cm³/mol. The Morgan fingerprint density at radius 2 is 2.00 bits per heavy atom. The van der Waals surface area contributed by atoms with Gasteiger partial charge in [-0.05, 0) is 24.6 Å². The van der Waals surface area contributed by atoms with Crippen molar-refractivity contribution in [2.75, 3.05) is 13.7 Å². The first kappa shape index (κ1) is 15.8. The van der Waals surface area contributed by atoms with Crippen LogP contribution in [0.1, 0.15) is 31.2 Å². The fourth-order valence-corrected chi connectivity index (χ4v) is 3.00. The van der Waals surface area contributed by atoms with Gasteiger partial charge in [0.25, 0.3) is 0 Å². The maximum Gasteiger partial charge on any atom is 0.340 e. The molecule has 0 radical (unpaired) electrons. The number of benzene rings is 1. The summed E-state index contributed by atoms with van der Waals surface area (Å²) < 4.78 is 21.3. The zero-order chi connectivity index (χ0) is 16.4. The standard InChI is InChI=1S/C17H20O6/c1-3-21-15-9-13-16(17(19)23-15)12(8-14(18)22-13)10-4-6-11(20-2)7-5-10/h4-7,12,14-15,18H,3,8-9H2,1-2H3. The van der Waals surface area contributed by atoms with Crippen molar-refractivity contribution in [2.24, 2.45) is 0 Å². The van der Waals surface area contributed by atoms with Crippen LogP contribution in [0, 0.1) is 0 Å². The molecule has 3 unspecified atom stereocenters. The zero-order valence-electron chi connectivity index (χ0n) is 13.2. The van der Waals surface area contributed by atoms with E-state index in [1.165, 1.54) is 0 Å². The second-order valence-corrected chi connectivity index (χ2v) is 5.47. The highest BCUT2D eigenvalue weighted by Gasteiger charge is 2.40. The molecular formula is C17H20O6. The quantitative estimate of drug-likeness (QED) is 0.856. The van der Waals surface area contributed by atoms with E-state index in [1.54, 1.807) is 7.11 Å². The van der Waals surface area contributed by atoms with Gasteiger partial charge in [-0.15, -0.1) is 0 Å². The normalized spacial score (nSPS) is 27.1. The molecule has 2 aliphatic heterocycles. The smallest absolute Gasteiger partial charge is 0.340 e. The van der Waals surface area contributed by atoms with Gasteiger partial charge in [-0.25, -0.2) is 4.79 Å². The molecule has 0 aromatic heterocycles. The van der Waals surface area contributed by atoms with E-state index in [0.29, 0.717) is 30.8 Å². The lowest BCUT2D eigenvalue weighted by atomic mass is 9.84. The summed E-state index contributed by atoms with van der Waals surface area (Å²) >= 11 is 0. The highest BCUT2D eigenvalue weighted by molar-refractivity contribution is 5.92. The van der Waals surface area contributed by atoms with Gasteiger partial charge in [0.2, 0.25) is 6.29 Å². The van der Waals surface area contributed by atoms with Crippen LogP contribution >= 0.6 is 0 Å². The molecule has 6 nitrogen and oxygen atoms in total. The van der Waals surface area contributed by atoms with Crippen molar-refractivity contribution in [1.29, 1.82) is 0 Å². The SMILES string of the molecule is CCOC1CC2=C(C(=O)O1)C(c1ccc(OC)cc1)CC(O)O2. The molecule has 23 heavy (non-hydrogen) atoms. The number of methoxy groups -OCH3 is 1. The van der Waals surface area contributed by atoms with Crippen LogP contribution < -0.4 is 4.74 Å². The van der Waals surface area contributed by atoms with Crippen LogP contribution in [0.15, 0.2) is 35.6 Å². The van der Waals surface area contributed by atoms with Gasteiger partial charge in [0.15, 0.2) is 6.29 Å². The highest BCUT2D eigenvalue weighted by Crippen LogP contribution is 2.41. The summed E-state index contributed by atoms with van der Waals surface area (Å²) in [4.78, 5) is 12.4. The third kappa shape index (κ3) is 3.18. The Morgan fingerprint density at radius 1 is 1.26 bits per heavy atom. The van der Waals surface area contributed by atoms with E-state index in [4.69, 9.17) is 18.9 Å². The maximum absolute atomic E-state index is 12.4. The molecule has 1 aromatic rings. The van der Waals surface area contributed by atoms with Gasteiger partial charge in [-0.2, -0.15) is 0 Å². The Hall–Kier alpha value is -2.05. The summed E-state index contributed by atoms with van der Waals surface area (Å²) in [6.45, 7) is 2.26. The first-order chi connectivity index (χ1) is 11.1. The van der Waals surface area contributed by atoms with Crippen LogP contribution in [0.5, 0.6) is 5.75 Å².